The lowest BCUT2D eigenvalue weighted by Crippen LogP contribution is -2.04. The zero-order valence-corrected chi connectivity index (χ0v) is 8.60. The molecule has 1 N–H and O–H groups in total. The number of aromatic hydroxyl groups is 1. The van der Waals surface area contributed by atoms with Crippen molar-refractivity contribution in [3.63, 3.8) is 0 Å². The molecule has 1 heterocycles. The molecular weight excluding hydrogens is 190 g/mol. The molecule has 15 heavy (non-hydrogen) atoms. The molecule has 0 saturated carbocycles. The van der Waals surface area contributed by atoms with E-state index in [1.54, 1.807) is 22.9 Å². The maximum absolute atomic E-state index is 9.31. The number of nitrogens with zero attached hydrogens (tertiary/aromatic N) is 3. The summed E-state index contributed by atoms with van der Waals surface area (Å²) in [5.74, 6) is 0.167. The van der Waals surface area contributed by atoms with Crippen molar-refractivity contribution in [2.24, 2.45) is 0 Å². The number of aromatic nitrogens is 2. The van der Waals surface area contributed by atoms with Gasteiger partial charge in [0.15, 0.2) is 0 Å². The molecule has 0 radical (unpaired) electrons. The smallest absolute Gasteiger partial charge is 0.146 e. The van der Waals surface area contributed by atoms with Crippen LogP contribution in [0.2, 0.25) is 0 Å². The van der Waals surface area contributed by atoms with Crippen LogP contribution in [-0.2, 0) is 0 Å². The Morgan fingerprint density at radius 1 is 1.47 bits per heavy atom. The fourth-order valence-corrected chi connectivity index (χ4v) is 1.58. The van der Waals surface area contributed by atoms with Gasteiger partial charge in [-0.05, 0) is 26.0 Å². The number of benzene rings is 1. The first kappa shape index (κ1) is 9.53. The van der Waals surface area contributed by atoms with Gasteiger partial charge in [0.25, 0.3) is 0 Å². The number of phenols is 1. The van der Waals surface area contributed by atoms with E-state index in [1.807, 2.05) is 13.8 Å². The fourth-order valence-electron chi connectivity index (χ4n) is 1.58. The number of phenolic OH excluding ortho intramolecular Hbond substituents is 1. The van der Waals surface area contributed by atoms with Crippen molar-refractivity contribution in [1.82, 2.24) is 9.78 Å². The SMILES string of the molecule is CC(C)n1nc2cc(O)ccc2c1C#N. The van der Waals surface area contributed by atoms with Crippen molar-refractivity contribution in [3.8, 4) is 11.8 Å². The van der Waals surface area contributed by atoms with Gasteiger partial charge in [-0.2, -0.15) is 10.4 Å². The largest absolute Gasteiger partial charge is 0.508 e. The van der Waals surface area contributed by atoms with E-state index >= 15 is 0 Å². The Bertz CT molecular complexity index is 549. The summed E-state index contributed by atoms with van der Waals surface area (Å²) < 4.78 is 1.67. The van der Waals surface area contributed by atoms with Gasteiger partial charge in [-0.1, -0.05) is 0 Å². The van der Waals surface area contributed by atoms with E-state index in [4.69, 9.17) is 5.26 Å². The van der Waals surface area contributed by atoms with Crippen LogP contribution < -0.4 is 0 Å². The second-order valence-corrected chi connectivity index (χ2v) is 3.70. The van der Waals surface area contributed by atoms with E-state index in [1.165, 1.54) is 0 Å². The Hall–Kier alpha value is -2.02. The number of hydrogen-bond donors (Lipinski definition) is 1. The minimum Gasteiger partial charge on any atom is -0.508 e. The summed E-state index contributed by atoms with van der Waals surface area (Å²) in [4.78, 5) is 0. The Kier molecular flexibility index (Phi) is 2.09. The maximum Gasteiger partial charge on any atom is 0.146 e. The monoisotopic (exact) mass is 201 g/mol. The van der Waals surface area contributed by atoms with Gasteiger partial charge >= 0.3 is 0 Å². The third-order valence-corrected chi connectivity index (χ3v) is 2.28. The van der Waals surface area contributed by atoms with Gasteiger partial charge in [-0.3, -0.25) is 4.68 Å². The standard InChI is InChI=1S/C11H11N3O/c1-7(2)14-11(6-12)9-4-3-8(15)5-10(9)13-14/h3-5,7,15H,1-2H3. The quantitative estimate of drug-likeness (QED) is 0.769. The van der Waals surface area contributed by atoms with E-state index in [0.717, 1.165) is 5.39 Å². The van der Waals surface area contributed by atoms with Crippen molar-refractivity contribution in [2.45, 2.75) is 19.9 Å². The molecule has 4 nitrogen and oxygen atoms in total. The van der Waals surface area contributed by atoms with E-state index < -0.39 is 0 Å². The highest BCUT2D eigenvalue weighted by atomic mass is 16.3. The van der Waals surface area contributed by atoms with E-state index in [0.29, 0.717) is 11.2 Å². The van der Waals surface area contributed by atoms with Crippen LogP contribution in [-0.4, -0.2) is 14.9 Å². The average molecular weight is 201 g/mol. The Balaban J connectivity index is 2.80. The Labute approximate surface area is 87.4 Å². The van der Waals surface area contributed by atoms with Crippen LogP contribution in [0.1, 0.15) is 25.6 Å². The van der Waals surface area contributed by atoms with E-state index in [2.05, 4.69) is 11.2 Å². The lowest BCUT2D eigenvalue weighted by molar-refractivity contribution is 0.476. The van der Waals surface area contributed by atoms with Crippen molar-refractivity contribution >= 4 is 10.9 Å². The highest BCUT2D eigenvalue weighted by Crippen LogP contribution is 2.24. The molecule has 0 unspecified atom stereocenters. The molecule has 4 heteroatoms. The molecule has 2 rings (SSSR count). The second-order valence-electron chi connectivity index (χ2n) is 3.70. The van der Waals surface area contributed by atoms with Crippen LogP contribution in [0.4, 0.5) is 0 Å². The second kappa shape index (κ2) is 3.28. The van der Waals surface area contributed by atoms with Crippen LogP contribution in [0, 0.1) is 11.3 Å². The minimum atomic E-state index is 0.134. The topological polar surface area (TPSA) is 61.8 Å². The maximum atomic E-state index is 9.31. The Morgan fingerprint density at radius 3 is 2.80 bits per heavy atom. The van der Waals surface area contributed by atoms with Crippen LogP contribution in [0.15, 0.2) is 18.2 Å². The van der Waals surface area contributed by atoms with Gasteiger partial charge in [0.2, 0.25) is 0 Å². The molecular formula is C11H11N3O. The summed E-state index contributed by atoms with van der Waals surface area (Å²) in [7, 11) is 0. The lowest BCUT2D eigenvalue weighted by atomic mass is 10.2. The van der Waals surface area contributed by atoms with Crippen molar-refractivity contribution in [3.05, 3.63) is 23.9 Å². The van der Waals surface area contributed by atoms with Crippen LogP contribution in [0.3, 0.4) is 0 Å². The normalized spacial score (nSPS) is 10.8. The van der Waals surface area contributed by atoms with Gasteiger partial charge < -0.3 is 5.11 Å². The lowest BCUT2D eigenvalue weighted by Gasteiger charge is -2.05. The highest BCUT2D eigenvalue weighted by Gasteiger charge is 2.12. The summed E-state index contributed by atoms with van der Waals surface area (Å²) in [5, 5.41) is 23.4. The molecule has 0 spiro atoms. The van der Waals surface area contributed by atoms with Gasteiger partial charge in [-0.15, -0.1) is 0 Å². The molecule has 0 amide bonds. The third-order valence-electron chi connectivity index (χ3n) is 2.28. The zero-order valence-electron chi connectivity index (χ0n) is 8.60. The molecule has 0 aliphatic carbocycles. The minimum absolute atomic E-state index is 0.134. The number of nitriles is 1. The average Bonchev–Trinajstić information content (AvgIpc) is 2.55. The molecule has 0 fully saturated rings. The van der Waals surface area contributed by atoms with E-state index in [-0.39, 0.29) is 11.8 Å². The molecule has 0 atom stereocenters. The third kappa shape index (κ3) is 1.42. The van der Waals surface area contributed by atoms with Crippen molar-refractivity contribution < 1.29 is 5.11 Å². The zero-order chi connectivity index (χ0) is 11.0. The fraction of sp³-hybridized carbons (Fsp3) is 0.273. The summed E-state index contributed by atoms with van der Waals surface area (Å²) in [5.41, 5.74) is 1.19. The predicted octanol–water partition coefficient (Wildman–Crippen LogP) is 2.19. The Morgan fingerprint density at radius 2 is 2.20 bits per heavy atom. The molecule has 1 aromatic carbocycles. The van der Waals surface area contributed by atoms with E-state index in [9.17, 15) is 5.11 Å². The van der Waals surface area contributed by atoms with Crippen LogP contribution in [0.25, 0.3) is 10.9 Å². The van der Waals surface area contributed by atoms with Crippen LogP contribution >= 0.6 is 0 Å². The first-order valence-electron chi connectivity index (χ1n) is 4.75. The van der Waals surface area contributed by atoms with Gasteiger partial charge in [0.05, 0.1) is 5.52 Å². The highest BCUT2D eigenvalue weighted by molar-refractivity contribution is 5.85. The molecule has 0 saturated heterocycles. The first-order valence-corrected chi connectivity index (χ1v) is 4.75. The molecule has 2 aromatic rings. The van der Waals surface area contributed by atoms with Gasteiger partial charge in [-0.25, -0.2) is 0 Å². The number of hydrogen-bond acceptors (Lipinski definition) is 3. The number of rotatable bonds is 1. The molecule has 1 aromatic heterocycles. The molecule has 76 valence electrons. The van der Waals surface area contributed by atoms with Crippen molar-refractivity contribution in [1.29, 1.82) is 5.26 Å². The molecule has 0 aliphatic rings. The number of fused-ring (bicyclic) bond motifs is 1. The van der Waals surface area contributed by atoms with Crippen LogP contribution in [0.5, 0.6) is 5.75 Å². The molecule has 0 aliphatic heterocycles. The summed E-state index contributed by atoms with van der Waals surface area (Å²) in [6, 6.07) is 7.12. The first-order chi connectivity index (χ1) is 7.13. The molecule has 0 bridgehead atoms. The summed E-state index contributed by atoms with van der Waals surface area (Å²) >= 11 is 0. The predicted molar refractivity (Wildman–Crippen MR) is 56.5 cm³/mol. The summed E-state index contributed by atoms with van der Waals surface area (Å²) in [6.07, 6.45) is 0. The summed E-state index contributed by atoms with van der Waals surface area (Å²) in [6.45, 7) is 3.93. The van der Waals surface area contributed by atoms with Gasteiger partial charge in [0, 0.05) is 17.5 Å². The van der Waals surface area contributed by atoms with Gasteiger partial charge in [0.1, 0.15) is 17.5 Å². The van der Waals surface area contributed by atoms with Crippen molar-refractivity contribution in [2.75, 3.05) is 0 Å².